The summed E-state index contributed by atoms with van der Waals surface area (Å²) in [7, 11) is 0. The predicted octanol–water partition coefficient (Wildman–Crippen LogP) is 0.333. The first-order valence-electron chi connectivity index (χ1n) is 3.24. The van der Waals surface area contributed by atoms with Crippen molar-refractivity contribution in [3.63, 3.8) is 0 Å². The molecule has 0 saturated heterocycles. The molecule has 0 radical (unpaired) electrons. The summed E-state index contributed by atoms with van der Waals surface area (Å²) in [5.74, 6) is -1.62. The number of hydrogen-bond donors (Lipinski definition) is 1. The fraction of sp³-hybridized carbons (Fsp3) is 0.429. The summed E-state index contributed by atoms with van der Waals surface area (Å²) in [6.45, 7) is 1.66. The number of esters is 1. The molecule has 1 N–H and O–H groups in total. The highest BCUT2D eigenvalue weighted by molar-refractivity contribution is 5.96. The quantitative estimate of drug-likeness (QED) is 0.556. The van der Waals surface area contributed by atoms with E-state index >= 15 is 0 Å². The zero-order valence-corrected chi connectivity index (χ0v) is 6.03. The molecule has 1 rings (SSSR count). The average Bonchev–Trinajstić information content (AvgIpc) is 1.85. The third kappa shape index (κ3) is 1.80. The number of hydrogen-bond acceptors (Lipinski definition) is 3. The van der Waals surface area contributed by atoms with Crippen molar-refractivity contribution in [3.8, 4) is 0 Å². The fourth-order valence-electron chi connectivity index (χ4n) is 0.934. The molecule has 1 aliphatic heterocycles. The average molecular weight is 156 g/mol. The first-order valence-corrected chi connectivity index (χ1v) is 3.24. The van der Waals surface area contributed by atoms with Gasteiger partial charge in [0.25, 0.3) is 0 Å². The Hall–Kier alpha value is -1.32. The topological polar surface area (TPSA) is 63.6 Å². The minimum Gasteiger partial charge on any atom is -0.478 e. The number of ether oxygens (including phenoxy) is 1. The van der Waals surface area contributed by atoms with E-state index in [0.29, 0.717) is 6.42 Å². The summed E-state index contributed by atoms with van der Waals surface area (Å²) in [5, 5.41) is 8.50. The number of aliphatic carboxylic acids is 1. The van der Waals surface area contributed by atoms with Crippen LogP contribution in [0.5, 0.6) is 0 Å². The van der Waals surface area contributed by atoms with Gasteiger partial charge in [-0.3, -0.25) is 0 Å². The maximum Gasteiger partial charge on any atom is 0.331 e. The molecule has 0 aliphatic carbocycles. The summed E-state index contributed by atoms with van der Waals surface area (Å²) in [6, 6.07) is 0. The van der Waals surface area contributed by atoms with Crippen LogP contribution in [-0.4, -0.2) is 23.1 Å². The SMILES string of the molecule is C[C@@H]1CC(C(=O)O)=CC(=O)O1. The maximum atomic E-state index is 10.6. The molecule has 0 aromatic heterocycles. The van der Waals surface area contributed by atoms with E-state index in [2.05, 4.69) is 4.74 Å². The summed E-state index contributed by atoms with van der Waals surface area (Å²) >= 11 is 0. The van der Waals surface area contributed by atoms with Gasteiger partial charge in [-0.2, -0.15) is 0 Å². The molecule has 1 aliphatic rings. The standard InChI is InChI=1S/C7H8O4/c1-4-2-5(7(9)10)3-6(8)11-4/h3-4H,2H2,1H3,(H,9,10)/t4-/m1/s1. The maximum absolute atomic E-state index is 10.6. The molecule has 0 fully saturated rings. The Morgan fingerprint density at radius 2 is 2.45 bits per heavy atom. The van der Waals surface area contributed by atoms with Crippen LogP contribution >= 0.6 is 0 Å². The Balaban J connectivity index is 2.80. The van der Waals surface area contributed by atoms with Gasteiger partial charge >= 0.3 is 11.9 Å². The molecule has 0 bridgehead atoms. The molecule has 4 nitrogen and oxygen atoms in total. The molecule has 0 aromatic rings. The third-order valence-electron chi connectivity index (χ3n) is 1.39. The van der Waals surface area contributed by atoms with Crippen LogP contribution in [0.4, 0.5) is 0 Å². The molecule has 1 heterocycles. The van der Waals surface area contributed by atoms with E-state index < -0.39 is 11.9 Å². The lowest BCUT2D eigenvalue weighted by Crippen LogP contribution is -2.22. The van der Waals surface area contributed by atoms with Gasteiger partial charge in [0.1, 0.15) is 6.10 Å². The molecule has 60 valence electrons. The van der Waals surface area contributed by atoms with Crippen molar-refractivity contribution in [2.75, 3.05) is 0 Å². The van der Waals surface area contributed by atoms with E-state index in [1.807, 2.05) is 0 Å². The van der Waals surface area contributed by atoms with Gasteiger partial charge in [0.2, 0.25) is 0 Å². The lowest BCUT2D eigenvalue weighted by atomic mass is 10.1. The number of carbonyl (C=O) groups excluding carboxylic acids is 1. The van der Waals surface area contributed by atoms with Crippen molar-refractivity contribution >= 4 is 11.9 Å². The van der Waals surface area contributed by atoms with Crippen molar-refractivity contribution in [1.82, 2.24) is 0 Å². The Morgan fingerprint density at radius 3 is 2.91 bits per heavy atom. The number of carboxylic acids is 1. The van der Waals surface area contributed by atoms with Gasteiger partial charge in [-0.15, -0.1) is 0 Å². The lowest BCUT2D eigenvalue weighted by Gasteiger charge is -2.16. The molecule has 0 aromatic carbocycles. The van der Waals surface area contributed by atoms with Gasteiger partial charge in [-0.25, -0.2) is 9.59 Å². The van der Waals surface area contributed by atoms with E-state index in [0.717, 1.165) is 6.08 Å². The zero-order chi connectivity index (χ0) is 8.43. The van der Waals surface area contributed by atoms with Crippen LogP contribution in [0.1, 0.15) is 13.3 Å². The smallest absolute Gasteiger partial charge is 0.331 e. The number of carboxylic acid groups (broad SMARTS) is 1. The molecule has 0 saturated carbocycles. The summed E-state index contributed by atoms with van der Waals surface area (Å²) in [5.41, 5.74) is 0.119. The number of rotatable bonds is 1. The van der Waals surface area contributed by atoms with Gasteiger partial charge in [0.05, 0.1) is 0 Å². The van der Waals surface area contributed by atoms with Crippen LogP contribution in [-0.2, 0) is 14.3 Å². The van der Waals surface area contributed by atoms with Crippen LogP contribution in [0, 0.1) is 0 Å². The van der Waals surface area contributed by atoms with Crippen LogP contribution in [0.2, 0.25) is 0 Å². The van der Waals surface area contributed by atoms with Crippen molar-refractivity contribution in [3.05, 3.63) is 11.6 Å². The molecule has 4 heteroatoms. The Kier molecular flexibility index (Phi) is 1.94. The summed E-state index contributed by atoms with van der Waals surface area (Å²) < 4.78 is 4.69. The largest absolute Gasteiger partial charge is 0.478 e. The predicted molar refractivity (Wildman–Crippen MR) is 35.9 cm³/mol. The minimum absolute atomic E-state index is 0.119. The fourth-order valence-corrected chi connectivity index (χ4v) is 0.934. The van der Waals surface area contributed by atoms with Gasteiger partial charge < -0.3 is 9.84 Å². The first-order chi connectivity index (χ1) is 5.09. The molecule has 1 atom stereocenters. The van der Waals surface area contributed by atoms with E-state index in [1.165, 1.54) is 0 Å². The molecule has 0 spiro atoms. The van der Waals surface area contributed by atoms with Crippen molar-refractivity contribution in [2.45, 2.75) is 19.4 Å². The summed E-state index contributed by atoms with van der Waals surface area (Å²) in [4.78, 5) is 21.0. The van der Waals surface area contributed by atoms with Crippen LogP contribution in [0.25, 0.3) is 0 Å². The summed E-state index contributed by atoms with van der Waals surface area (Å²) in [6.07, 6.45) is 0.988. The monoisotopic (exact) mass is 156 g/mol. The molecule has 0 amide bonds. The molecular formula is C7H8O4. The Labute approximate surface area is 63.5 Å². The number of cyclic esters (lactones) is 1. The highest BCUT2D eigenvalue weighted by Crippen LogP contribution is 2.14. The normalized spacial score (nSPS) is 23.9. The second-order valence-corrected chi connectivity index (χ2v) is 2.43. The minimum atomic E-state index is -1.05. The van der Waals surface area contributed by atoms with Crippen LogP contribution in [0.15, 0.2) is 11.6 Å². The highest BCUT2D eigenvalue weighted by atomic mass is 16.5. The number of carbonyl (C=O) groups is 2. The van der Waals surface area contributed by atoms with E-state index in [1.54, 1.807) is 6.92 Å². The van der Waals surface area contributed by atoms with Gasteiger partial charge in [-0.1, -0.05) is 0 Å². The second-order valence-electron chi connectivity index (χ2n) is 2.43. The Morgan fingerprint density at radius 1 is 1.82 bits per heavy atom. The third-order valence-corrected chi connectivity index (χ3v) is 1.39. The highest BCUT2D eigenvalue weighted by Gasteiger charge is 2.21. The van der Waals surface area contributed by atoms with Gasteiger partial charge in [0, 0.05) is 18.1 Å². The van der Waals surface area contributed by atoms with Crippen molar-refractivity contribution in [1.29, 1.82) is 0 Å². The van der Waals surface area contributed by atoms with E-state index in [4.69, 9.17) is 5.11 Å². The molecular weight excluding hydrogens is 148 g/mol. The van der Waals surface area contributed by atoms with Crippen molar-refractivity contribution in [2.24, 2.45) is 0 Å². The molecule has 0 unspecified atom stereocenters. The van der Waals surface area contributed by atoms with Crippen LogP contribution in [0.3, 0.4) is 0 Å². The van der Waals surface area contributed by atoms with E-state index in [9.17, 15) is 9.59 Å². The second kappa shape index (κ2) is 2.74. The Bertz CT molecular complexity index is 229. The first kappa shape index (κ1) is 7.78. The van der Waals surface area contributed by atoms with Crippen LogP contribution < -0.4 is 0 Å². The lowest BCUT2D eigenvalue weighted by molar-refractivity contribution is -0.145. The van der Waals surface area contributed by atoms with Crippen molar-refractivity contribution < 1.29 is 19.4 Å². The zero-order valence-electron chi connectivity index (χ0n) is 6.03. The molecule has 11 heavy (non-hydrogen) atoms. The van der Waals surface area contributed by atoms with Gasteiger partial charge in [0.15, 0.2) is 0 Å². The van der Waals surface area contributed by atoms with E-state index in [-0.39, 0.29) is 11.7 Å². The van der Waals surface area contributed by atoms with Gasteiger partial charge in [-0.05, 0) is 6.92 Å².